The molecule has 0 saturated carbocycles. The van der Waals surface area contributed by atoms with E-state index in [0.717, 1.165) is 11.3 Å². The van der Waals surface area contributed by atoms with Crippen LogP contribution >= 0.6 is 20.7 Å². The molecule has 0 aromatic heterocycles. The van der Waals surface area contributed by atoms with Crippen molar-refractivity contribution in [1.29, 1.82) is 0 Å². The predicted molar refractivity (Wildman–Crippen MR) is 93.5 cm³/mol. The Labute approximate surface area is 129 Å². The van der Waals surface area contributed by atoms with Gasteiger partial charge in [-0.25, -0.2) is 4.79 Å². The van der Waals surface area contributed by atoms with Crippen LogP contribution in [0.5, 0.6) is 0 Å². The van der Waals surface area contributed by atoms with Crippen LogP contribution in [0.1, 0.15) is 26.3 Å². The number of allylic oxidation sites excluding steroid dienone is 3. The molecule has 1 aromatic carbocycles. The highest BCUT2D eigenvalue weighted by Gasteiger charge is 2.16. The van der Waals surface area contributed by atoms with Gasteiger partial charge in [-0.15, -0.1) is 0 Å². The Bertz CT molecular complexity index is 577. The van der Waals surface area contributed by atoms with Crippen LogP contribution in [-0.4, -0.2) is 15.7 Å². The van der Waals surface area contributed by atoms with Crippen molar-refractivity contribution >= 4 is 42.1 Å². The summed E-state index contributed by atoms with van der Waals surface area (Å²) >= 11 is 0.108. The van der Waals surface area contributed by atoms with Crippen molar-refractivity contribution in [2.75, 3.05) is 5.32 Å². The zero-order valence-electron chi connectivity index (χ0n) is 11.8. The molecule has 1 amide bonds. The van der Waals surface area contributed by atoms with Crippen molar-refractivity contribution < 1.29 is 9.53 Å². The summed E-state index contributed by atoms with van der Waals surface area (Å²) in [5.74, 6) is 0. The van der Waals surface area contributed by atoms with E-state index in [4.69, 9.17) is 4.74 Å². The predicted octanol–water partition coefficient (Wildman–Crippen LogP) is 4.72. The maximum Gasteiger partial charge on any atom is 0.412 e. The third-order valence-corrected chi connectivity index (χ3v) is 4.04. The van der Waals surface area contributed by atoms with E-state index in [1.165, 1.54) is 5.57 Å². The van der Waals surface area contributed by atoms with Crippen LogP contribution in [0.25, 0.3) is 5.57 Å². The van der Waals surface area contributed by atoms with Gasteiger partial charge in [-0.2, -0.15) is 0 Å². The summed E-state index contributed by atoms with van der Waals surface area (Å²) in [6, 6.07) is 7.77. The van der Waals surface area contributed by atoms with Crippen molar-refractivity contribution in [2.45, 2.75) is 26.4 Å². The quantitative estimate of drug-likeness (QED) is 0.751. The standard InChI is InChI=1S/C16H18INO2/c1-16(2,3)20-15(19)18-14-6-4-12(5-7-14)13-8-10-17-11-9-13/h4-11H,1-3H3,(H,18,19). The summed E-state index contributed by atoms with van der Waals surface area (Å²) in [7, 11) is 0. The van der Waals surface area contributed by atoms with Gasteiger partial charge in [-0.05, 0) is 64.3 Å². The van der Waals surface area contributed by atoms with Crippen LogP contribution in [0.4, 0.5) is 10.5 Å². The van der Waals surface area contributed by atoms with Gasteiger partial charge in [-0.1, -0.05) is 32.9 Å². The first kappa shape index (κ1) is 15.0. The molecule has 0 radical (unpaired) electrons. The maximum atomic E-state index is 11.7. The Balaban J connectivity index is 2.02. The van der Waals surface area contributed by atoms with Gasteiger partial charge < -0.3 is 4.74 Å². The van der Waals surface area contributed by atoms with E-state index in [1.807, 2.05) is 45.0 Å². The number of nitrogens with one attached hydrogen (secondary N) is 1. The fourth-order valence-corrected chi connectivity index (χ4v) is 3.10. The van der Waals surface area contributed by atoms with Gasteiger partial charge in [0.05, 0.1) is 0 Å². The molecule has 0 fully saturated rings. The van der Waals surface area contributed by atoms with E-state index >= 15 is 0 Å². The van der Waals surface area contributed by atoms with Crippen molar-refractivity contribution in [1.82, 2.24) is 0 Å². The zero-order valence-corrected chi connectivity index (χ0v) is 14.0. The molecule has 1 N–H and O–H groups in total. The third kappa shape index (κ3) is 4.59. The molecular formula is C16H18INO2. The average molecular weight is 383 g/mol. The third-order valence-electron chi connectivity index (χ3n) is 2.49. The van der Waals surface area contributed by atoms with Crippen molar-refractivity contribution in [3.63, 3.8) is 0 Å². The number of benzene rings is 1. The normalized spacial score (nSPS) is 14.2. The van der Waals surface area contributed by atoms with E-state index in [-0.39, 0.29) is 20.7 Å². The molecule has 20 heavy (non-hydrogen) atoms. The Kier molecular flexibility index (Phi) is 4.75. The molecule has 4 heteroatoms. The summed E-state index contributed by atoms with van der Waals surface area (Å²) in [6.45, 7) is 5.53. The van der Waals surface area contributed by atoms with Crippen LogP contribution in [0, 0.1) is 0 Å². The van der Waals surface area contributed by atoms with Gasteiger partial charge in [0.2, 0.25) is 0 Å². The minimum Gasteiger partial charge on any atom is -0.444 e. The molecule has 0 bridgehead atoms. The van der Waals surface area contributed by atoms with Crippen molar-refractivity contribution in [2.24, 2.45) is 0 Å². The average Bonchev–Trinajstić information content (AvgIpc) is 2.38. The summed E-state index contributed by atoms with van der Waals surface area (Å²) in [6.07, 6.45) is 3.88. The first-order valence-electron chi connectivity index (χ1n) is 6.36. The van der Waals surface area contributed by atoms with Gasteiger partial charge in [0, 0.05) is 5.69 Å². The lowest BCUT2D eigenvalue weighted by atomic mass is 10.1. The molecule has 3 nitrogen and oxygen atoms in total. The molecular weight excluding hydrogens is 365 g/mol. The second-order valence-electron chi connectivity index (χ2n) is 5.37. The number of rotatable bonds is 2. The topological polar surface area (TPSA) is 38.3 Å². The lowest BCUT2D eigenvalue weighted by molar-refractivity contribution is 0.0636. The molecule has 0 unspecified atom stereocenters. The number of ether oxygens (including phenoxy) is 1. The summed E-state index contributed by atoms with van der Waals surface area (Å²) in [4.78, 5) is 11.7. The van der Waals surface area contributed by atoms with E-state index in [0.29, 0.717) is 0 Å². The van der Waals surface area contributed by atoms with Crippen LogP contribution < -0.4 is 5.32 Å². The number of carbonyl (C=O) groups is 1. The molecule has 1 aliphatic heterocycles. The zero-order chi connectivity index (χ0) is 14.6. The minimum atomic E-state index is -0.485. The Morgan fingerprint density at radius 3 is 2.45 bits per heavy atom. The maximum absolute atomic E-state index is 11.7. The Morgan fingerprint density at radius 2 is 1.90 bits per heavy atom. The van der Waals surface area contributed by atoms with Crippen LogP contribution in [0.3, 0.4) is 0 Å². The molecule has 1 heterocycles. The smallest absolute Gasteiger partial charge is 0.412 e. The Hall–Kier alpha value is -1.43. The summed E-state index contributed by atoms with van der Waals surface area (Å²) in [5.41, 5.74) is 2.61. The molecule has 0 spiro atoms. The number of anilines is 1. The molecule has 0 aliphatic carbocycles. The fraction of sp³-hybridized carbons (Fsp3) is 0.250. The first-order valence-corrected chi connectivity index (χ1v) is 8.86. The van der Waals surface area contributed by atoms with E-state index in [9.17, 15) is 4.79 Å². The number of amides is 1. The molecule has 0 atom stereocenters. The molecule has 1 aliphatic rings. The van der Waals surface area contributed by atoms with Crippen LogP contribution in [-0.2, 0) is 4.74 Å². The largest absolute Gasteiger partial charge is 0.444 e. The van der Waals surface area contributed by atoms with E-state index in [1.54, 1.807) is 0 Å². The highest BCUT2D eigenvalue weighted by molar-refractivity contribution is 14.2. The lowest BCUT2D eigenvalue weighted by Gasteiger charge is -2.19. The van der Waals surface area contributed by atoms with Crippen molar-refractivity contribution in [3.8, 4) is 0 Å². The monoisotopic (exact) mass is 383 g/mol. The van der Waals surface area contributed by atoms with Gasteiger partial charge in [0.15, 0.2) is 0 Å². The highest BCUT2D eigenvalue weighted by Crippen LogP contribution is 2.22. The van der Waals surface area contributed by atoms with Gasteiger partial charge in [-0.3, -0.25) is 5.32 Å². The van der Waals surface area contributed by atoms with Gasteiger partial charge in [0.1, 0.15) is 5.60 Å². The van der Waals surface area contributed by atoms with Gasteiger partial charge >= 0.3 is 6.09 Å². The fourth-order valence-electron chi connectivity index (χ4n) is 1.67. The highest BCUT2D eigenvalue weighted by atomic mass is 127. The van der Waals surface area contributed by atoms with Gasteiger partial charge in [0.25, 0.3) is 0 Å². The first-order chi connectivity index (χ1) is 9.44. The second kappa shape index (κ2) is 6.35. The lowest BCUT2D eigenvalue weighted by Crippen LogP contribution is -2.27. The molecule has 0 saturated heterocycles. The van der Waals surface area contributed by atoms with E-state index in [2.05, 4.69) is 25.6 Å². The molecule has 2 rings (SSSR count). The summed E-state index contributed by atoms with van der Waals surface area (Å²) in [5, 5.41) is 2.73. The number of hydrogen-bond acceptors (Lipinski definition) is 2. The van der Waals surface area contributed by atoms with E-state index < -0.39 is 11.7 Å². The van der Waals surface area contributed by atoms with Crippen molar-refractivity contribution in [3.05, 3.63) is 46.1 Å². The molecule has 106 valence electrons. The number of halogens is 1. The SMILES string of the molecule is CC(C)(C)OC(=O)Nc1ccc(C2=CC=IC=C2)cc1. The summed E-state index contributed by atoms with van der Waals surface area (Å²) < 4.78 is 9.69. The van der Waals surface area contributed by atoms with Crippen LogP contribution in [0.2, 0.25) is 0 Å². The number of carbonyl (C=O) groups excluding carboxylic acids is 1. The Morgan fingerprint density at radius 1 is 1.20 bits per heavy atom. The second-order valence-corrected chi connectivity index (χ2v) is 7.53. The molecule has 1 aromatic rings. The van der Waals surface area contributed by atoms with Crippen LogP contribution in [0.15, 0.2) is 40.5 Å². The minimum absolute atomic E-state index is 0.108. The number of hydrogen-bond donors (Lipinski definition) is 1.